The van der Waals surface area contributed by atoms with E-state index in [-0.39, 0.29) is 17.9 Å². The van der Waals surface area contributed by atoms with Gasteiger partial charge in [-0.2, -0.15) is 0 Å². The second-order valence-electron chi connectivity index (χ2n) is 6.27. The van der Waals surface area contributed by atoms with E-state index in [9.17, 15) is 5.11 Å². The highest BCUT2D eigenvalue weighted by Gasteiger charge is 2.20. The second kappa shape index (κ2) is 9.65. The van der Waals surface area contributed by atoms with Crippen LogP contribution in [0.2, 0.25) is 0 Å². The molecule has 124 valence electrons. The lowest BCUT2D eigenvalue weighted by Gasteiger charge is -2.25. The average molecular weight is 306 g/mol. The number of ether oxygens (including phenoxy) is 2. The molecule has 0 aromatic heterocycles. The molecule has 0 amide bonds. The zero-order valence-corrected chi connectivity index (χ0v) is 14.3. The Labute approximate surface area is 135 Å². The quantitative estimate of drug-likeness (QED) is 0.663. The maximum absolute atomic E-state index is 10.2. The van der Waals surface area contributed by atoms with Crippen LogP contribution in [0.5, 0.6) is 5.75 Å². The van der Waals surface area contributed by atoms with Gasteiger partial charge in [-0.05, 0) is 41.9 Å². The molecular formula is C19H30O3. The van der Waals surface area contributed by atoms with Crippen molar-refractivity contribution in [2.75, 3.05) is 13.7 Å². The van der Waals surface area contributed by atoms with Crippen LogP contribution in [0.15, 0.2) is 36.9 Å². The topological polar surface area (TPSA) is 38.7 Å². The molecule has 0 aliphatic heterocycles. The van der Waals surface area contributed by atoms with Crippen LogP contribution in [0.1, 0.15) is 32.8 Å². The summed E-state index contributed by atoms with van der Waals surface area (Å²) in [5.41, 5.74) is 1.14. The van der Waals surface area contributed by atoms with Crippen LogP contribution in [0.25, 0.3) is 0 Å². The van der Waals surface area contributed by atoms with Crippen LogP contribution >= 0.6 is 0 Å². The predicted octanol–water partition coefficient (Wildman–Crippen LogP) is 4.06. The van der Waals surface area contributed by atoms with Crippen molar-refractivity contribution in [2.45, 2.75) is 39.9 Å². The normalized spacial score (nSPS) is 16.6. The molecular weight excluding hydrogens is 276 g/mol. The van der Waals surface area contributed by atoms with Gasteiger partial charge in [-0.15, -0.1) is 6.58 Å². The van der Waals surface area contributed by atoms with Crippen molar-refractivity contribution in [3.63, 3.8) is 0 Å². The highest BCUT2D eigenvalue weighted by molar-refractivity contribution is 5.26. The van der Waals surface area contributed by atoms with Crippen LogP contribution in [0.4, 0.5) is 0 Å². The van der Waals surface area contributed by atoms with E-state index in [1.807, 2.05) is 37.3 Å². The first-order valence-corrected chi connectivity index (χ1v) is 7.99. The van der Waals surface area contributed by atoms with Gasteiger partial charge in [0.1, 0.15) is 5.75 Å². The highest BCUT2D eigenvalue weighted by Crippen LogP contribution is 2.21. The van der Waals surface area contributed by atoms with Crippen LogP contribution in [0.3, 0.4) is 0 Å². The Balaban J connectivity index is 2.30. The first-order chi connectivity index (χ1) is 10.5. The predicted molar refractivity (Wildman–Crippen MR) is 91.0 cm³/mol. The molecule has 0 radical (unpaired) electrons. The molecule has 0 aliphatic carbocycles. The molecule has 4 atom stereocenters. The van der Waals surface area contributed by atoms with E-state index >= 15 is 0 Å². The summed E-state index contributed by atoms with van der Waals surface area (Å²) >= 11 is 0. The van der Waals surface area contributed by atoms with Gasteiger partial charge in [-0.25, -0.2) is 0 Å². The van der Waals surface area contributed by atoms with Gasteiger partial charge in [-0.1, -0.05) is 39.0 Å². The van der Waals surface area contributed by atoms with Crippen molar-refractivity contribution >= 4 is 0 Å². The molecule has 1 aromatic rings. The first-order valence-electron chi connectivity index (χ1n) is 7.99. The third-order valence-electron chi connectivity index (χ3n) is 4.10. The summed E-state index contributed by atoms with van der Waals surface area (Å²) in [5.74, 6) is 1.64. The molecule has 1 aromatic carbocycles. The zero-order valence-electron chi connectivity index (χ0n) is 14.3. The van der Waals surface area contributed by atoms with Gasteiger partial charge in [0.15, 0.2) is 0 Å². The Morgan fingerprint density at radius 2 is 1.82 bits per heavy atom. The standard InChI is InChI=1S/C19H30O3/c1-6-15(3)19(20)16(4)11-14(2)12-22-13-17-7-9-18(21-5)10-8-17/h6-10,14-16,19-20H,1,11-13H2,2-5H3/t14-,15+,16+,19+/m1/s1. The summed E-state index contributed by atoms with van der Waals surface area (Å²) < 4.78 is 10.9. The number of benzene rings is 1. The minimum atomic E-state index is -0.332. The maximum Gasteiger partial charge on any atom is 0.118 e. The summed E-state index contributed by atoms with van der Waals surface area (Å²) in [5, 5.41) is 10.2. The number of methoxy groups -OCH3 is 1. The molecule has 0 heterocycles. The maximum atomic E-state index is 10.2. The SMILES string of the molecule is C=C[C@H](C)[C@H](O)[C@@H](C)C[C@@H](C)COCc1ccc(OC)cc1. The zero-order chi connectivity index (χ0) is 16.5. The Morgan fingerprint density at radius 1 is 1.18 bits per heavy atom. The van der Waals surface area contributed by atoms with Gasteiger partial charge < -0.3 is 14.6 Å². The van der Waals surface area contributed by atoms with Gasteiger partial charge in [-0.3, -0.25) is 0 Å². The van der Waals surface area contributed by atoms with Gasteiger partial charge >= 0.3 is 0 Å². The Kier molecular flexibility index (Phi) is 8.21. The average Bonchev–Trinajstić information content (AvgIpc) is 2.53. The molecule has 0 saturated carbocycles. The lowest BCUT2D eigenvalue weighted by Crippen LogP contribution is -2.26. The molecule has 3 heteroatoms. The van der Waals surface area contributed by atoms with Gasteiger partial charge in [0.2, 0.25) is 0 Å². The molecule has 0 saturated heterocycles. The minimum absolute atomic E-state index is 0.127. The van der Waals surface area contributed by atoms with E-state index in [1.165, 1.54) is 0 Å². The number of aliphatic hydroxyl groups is 1. The summed E-state index contributed by atoms with van der Waals surface area (Å²) in [6.45, 7) is 11.3. The molecule has 1 N–H and O–H groups in total. The molecule has 0 unspecified atom stereocenters. The highest BCUT2D eigenvalue weighted by atomic mass is 16.5. The Bertz CT molecular complexity index is 427. The smallest absolute Gasteiger partial charge is 0.118 e. The fourth-order valence-corrected chi connectivity index (χ4v) is 2.60. The van der Waals surface area contributed by atoms with E-state index in [0.717, 1.165) is 17.7 Å². The summed E-state index contributed by atoms with van der Waals surface area (Å²) in [7, 11) is 1.66. The lowest BCUT2D eigenvalue weighted by atomic mass is 9.87. The Morgan fingerprint density at radius 3 is 2.36 bits per heavy atom. The molecule has 0 aliphatic rings. The van der Waals surface area contributed by atoms with E-state index in [0.29, 0.717) is 19.1 Å². The second-order valence-corrected chi connectivity index (χ2v) is 6.27. The van der Waals surface area contributed by atoms with Gasteiger partial charge in [0.05, 0.1) is 19.8 Å². The molecule has 0 spiro atoms. The minimum Gasteiger partial charge on any atom is -0.497 e. The monoisotopic (exact) mass is 306 g/mol. The summed E-state index contributed by atoms with van der Waals surface area (Å²) in [4.78, 5) is 0. The number of rotatable bonds is 10. The number of hydrogen-bond donors (Lipinski definition) is 1. The van der Waals surface area contributed by atoms with Crippen LogP contribution in [0, 0.1) is 17.8 Å². The fraction of sp³-hybridized carbons (Fsp3) is 0.579. The summed E-state index contributed by atoms with van der Waals surface area (Å²) in [6, 6.07) is 7.91. The van der Waals surface area contributed by atoms with Crippen molar-refractivity contribution in [1.82, 2.24) is 0 Å². The molecule has 3 nitrogen and oxygen atoms in total. The van der Waals surface area contributed by atoms with Crippen molar-refractivity contribution in [1.29, 1.82) is 0 Å². The van der Waals surface area contributed by atoms with Crippen LogP contribution in [-0.4, -0.2) is 24.9 Å². The molecule has 22 heavy (non-hydrogen) atoms. The van der Waals surface area contributed by atoms with E-state index in [1.54, 1.807) is 7.11 Å². The third-order valence-corrected chi connectivity index (χ3v) is 4.10. The summed E-state index contributed by atoms with van der Waals surface area (Å²) in [6.07, 6.45) is 2.43. The van der Waals surface area contributed by atoms with E-state index in [2.05, 4.69) is 20.4 Å². The number of aliphatic hydroxyl groups excluding tert-OH is 1. The van der Waals surface area contributed by atoms with Crippen molar-refractivity contribution < 1.29 is 14.6 Å². The van der Waals surface area contributed by atoms with Crippen LogP contribution in [-0.2, 0) is 11.3 Å². The third kappa shape index (κ3) is 6.20. The van der Waals surface area contributed by atoms with Crippen molar-refractivity contribution in [3.8, 4) is 5.75 Å². The van der Waals surface area contributed by atoms with Gasteiger partial charge in [0.25, 0.3) is 0 Å². The van der Waals surface area contributed by atoms with Crippen molar-refractivity contribution in [2.24, 2.45) is 17.8 Å². The van der Waals surface area contributed by atoms with E-state index < -0.39 is 0 Å². The van der Waals surface area contributed by atoms with Crippen LogP contribution < -0.4 is 4.74 Å². The molecule has 1 rings (SSSR count). The fourth-order valence-electron chi connectivity index (χ4n) is 2.60. The lowest BCUT2D eigenvalue weighted by molar-refractivity contribution is 0.0471. The first kappa shape index (κ1) is 18.7. The molecule has 0 bridgehead atoms. The molecule has 0 fully saturated rings. The van der Waals surface area contributed by atoms with E-state index in [4.69, 9.17) is 9.47 Å². The van der Waals surface area contributed by atoms with Gasteiger partial charge in [0, 0.05) is 6.61 Å². The van der Waals surface area contributed by atoms with Crippen molar-refractivity contribution in [3.05, 3.63) is 42.5 Å². The largest absolute Gasteiger partial charge is 0.497 e. The Hall–Kier alpha value is -1.32. The number of hydrogen-bond acceptors (Lipinski definition) is 3.